The molecular weight excluding hydrogens is 835 g/mol. The van der Waals surface area contributed by atoms with Gasteiger partial charge in [-0.3, -0.25) is 0 Å². The molecule has 0 saturated carbocycles. The van der Waals surface area contributed by atoms with Crippen LogP contribution in [0.15, 0.2) is 150 Å². The van der Waals surface area contributed by atoms with E-state index in [9.17, 15) is 5.11 Å². The Morgan fingerprint density at radius 1 is 0.548 bits per heavy atom. The molecule has 2 aromatic heterocycles. The number of nitrogens with one attached hydrogen (secondary N) is 4. The van der Waals surface area contributed by atoms with Crippen LogP contribution in [0.25, 0.3) is 32.9 Å². The van der Waals surface area contributed by atoms with Gasteiger partial charge in [-0.05, 0) is 132 Å². The summed E-state index contributed by atoms with van der Waals surface area (Å²) < 4.78 is 1.15. The lowest BCUT2D eigenvalue weighted by atomic mass is 9.80. The van der Waals surface area contributed by atoms with Crippen molar-refractivity contribution in [2.75, 3.05) is 0 Å². The molecule has 0 bridgehead atoms. The predicted octanol–water partition coefficient (Wildman–Crippen LogP) is 11.1. The second-order valence-electron chi connectivity index (χ2n) is 15.6. The highest BCUT2D eigenvalue weighted by Crippen LogP contribution is 2.38. The van der Waals surface area contributed by atoms with E-state index in [1.165, 1.54) is 99.3 Å². The van der Waals surface area contributed by atoms with Gasteiger partial charge in [0.15, 0.2) is 0 Å². The summed E-state index contributed by atoms with van der Waals surface area (Å²) >= 11 is 3.59. The number of fused-ring (bicyclic) bond motifs is 6. The molecule has 10 heteroatoms. The number of H-pyrrole nitrogens is 2. The maximum Gasteiger partial charge on any atom is 0.488 e. The number of aryl methyl sites for hydroxylation is 2. The minimum atomic E-state index is -1.51. The summed E-state index contributed by atoms with van der Waals surface area (Å²) in [5, 5.41) is 46.0. The lowest BCUT2D eigenvalue weighted by Crippen LogP contribution is -2.29. The molecule has 0 radical (unpaired) electrons. The minimum Gasteiger partial charge on any atom is -0.508 e. The standard InChI is InChI=1S/C25H24N2O.C19H19BrN2.C6H7BO3.2CH4/c28-20-9-4-8-18(14-20)19-12-13-23-22(15-19)21-10-5-11-24(25(21)27-23)26-16-17-6-2-1-3-7-17;20-14-9-10-17-16(11-14)15-7-4-8-18(19(15)22-17)21-12-13-5-2-1-3-6-13;8-6-3-1-2-5(4-6)7(9)10;;/h1-4,6-9,12-15,24,26-28H,5,10-11,16H2;1-3,5-6,9-11,18,21-22H,4,7-8,12H2;1-4,8-10H;2*1H4/t24-;18-;;;/m11.../s1. The fourth-order valence-electron chi connectivity index (χ4n) is 8.53. The van der Waals surface area contributed by atoms with Gasteiger partial charge in [0.1, 0.15) is 11.5 Å². The molecule has 0 amide bonds. The van der Waals surface area contributed by atoms with Crippen LogP contribution in [0, 0.1) is 0 Å². The monoisotopic (exact) mass is 892 g/mol. The second kappa shape index (κ2) is 21.5. The van der Waals surface area contributed by atoms with E-state index in [1.54, 1.807) is 12.1 Å². The third-order valence-electron chi connectivity index (χ3n) is 11.5. The molecule has 8 nitrogen and oxygen atoms in total. The molecule has 320 valence electrons. The molecule has 2 atom stereocenters. The predicted molar refractivity (Wildman–Crippen MR) is 261 cm³/mol. The Kier molecular flexibility index (Phi) is 15.9. The van der Waals surface area contributed by atoms with Gasteiger partial charge in [-0.15, -0.1) is 0 Å². The van der Waals surface area contributed by atoms with Crippen molar-refractivity contribution in [2.45, 2.75) is 78.6 Å². The van der Waals surface area contributed by atoms with E-state index >= 15 is 0 Å². The van der Waals surface area contributed by atoms with Crippen LogP contribution in [-0.2, 0) is 25.9 Å². The average molecular weight is 894 g/mol. The number of aromatic amines is 2. The number of aromatic nitrogens is 2. The van der Waals surface area contributed by atoms with Crippen molar-refractivity contribution in [1.29, 1.82) is 0 Å². The van der Waals surface area contributed by atoms with Crippen LogP contribution in [0.1, 0.15) is 86.3 Å². The molecule has 6 aromatic carbocycles. The molecule has 0 fully saturated rings. The van der Waals surface area contributed by atoms with E-state index in [2.05, 4.69) is 134 Å². The van der Waals surface area contributed by atoms with Gasteiger partial charge >= 0.3 is 7.12 Å². The minimum absolute atomic E-state index is 0. The summed E-state index contributed by atoms with van der Waals surface area (Å²) in [5.41, 5.74) is 13.2. The summed E-state index contributed by atoms with van der Waals surface area (Å²) in [6, 6.07) is 48.4. The number of hydrogen-bond donors (Lipinski definition) is 8. The number of phenols is 2. The van der Waals surface area contributed by atoms with Crippen LogP contribution in [0.2, 0.25) is 0 Å². The van der Waals surface area contributed by atoms with Crippen molar-refractivity contribution in [3.63, 3.8) is 0 Å². The normalized spacial score (nSPS) is 15.1. The Morgan fingerprint density at radius 3 is 1.56 bits per heavy atom. The molecule has 62 heavy (non-hydrogen) atoms. The lowest BCUT2D eigenvalue weighted by molar-refractivity contribution is 0.424. The first kappa shape index (κ1) is 45.9. The fraction of sp³-hybridized carbons (Fsp3) is 0.231. The fourth-order valence-corrected chi connectivity index (χ4v) is 8.89. The molecule has 2 aliphatic carbocycles. The summed E-state index contributed by atoms with van der Waals surface area (Å²) in [5.74, 6) is 0.337. The van der Waals surface area contributed by atoms with Gasteiger partial charge in [-0.1, -0.05) is 122 Å². The molecule has 2 aliphatic rings. The van der Waals surface area contributed by atoms with Gasteiger partial charge in [-0.2, -0.15) is 0 Å². The Bertz CT molecular complexity index is 2670. The van der Waals surface area contributed by atoms with Gasteiger partial charge < -0.3 is 40.9 Å². The zero-order valence-corrected chi connectivity index (χ0v) is 35.0. The summed E-state index contributed by atoms with van der Waals surface area (Å²) in [6.07, 6.45) is 7.10. The van der Waals surface area contributed by atoms with Crippen molar-refractivity contribution in [3.05, 3.63) is 184 Å². The van der Waals surface area contributed by atoms with Crippen molar-refractivity contribution >= 4 is 50.3 Å². The molecule has 0 unspecified atom stereocenters. The van der Waals surface area contributed by atoms with E-state index < -0.39 is 7.12 Å². The van der Waals surface area contributed by atoms with Crippen LogP contribution in [-0.4, -0.2) is 37.3 Å². The number of halogens is 1. The zero-order chi connectivity index (χ0) is 41.4. The van der Waals surface area contributed by atoms with E-state index in [0.717, 1.165) is 41.5 Å². The van der Waals surface area contributed by atoms with Crippen molar-refractivity contribution in [1.82, 2.24) is 20.6 Å². The van der Waals surface area contributed by atoms with Crippen LogP contribution >= 0.6 is 15.9 Å². The quantitative estimate of drug-likeness (QED) is 0.0716. The summed E-state index contributed by atoms with van der Waals surface area (Å²) in [4.78, 5) is 7.33. The third-order valence-corrected chi connectivity index (χ3v) is 12.0. The maximum atomic E-state index is 9.81. The first-order valence-corrected chi connectivity index (χ1v) is 21.5. The SMILES string of the molecule is Brc1ccc2[nH]c3c(c2c1)CCC[C@H]3NCc1ccccc1.C.C.OB(O)c1cccc(O)c1.Oc1cccc(-c2ccc3[nH]c4c(c3c2)CCC[C@H]4NCc2ccccc2)c1. The third kappa shape index (κ3) is 11.1. The van der Waals surface area contributed by atoms with Crippen LogP contribution in [0.3, 0.4) is 0 Å². The van der Waals surface area contributed by atoms with Crippen molar-refractivity contribution < 1.29 is 20.3 Å². The second-order valence-corrected chi connectivity index (χ2v) is 16.5. The van der Waals surface area contributed by atoms with Crippen LogP contribution in [0.4, 0.5) is 0 Å². The molecule has 0 aliphatic heterocycles. The Morgan fingerprint density at radius 2 is 1.05 bits per heavy atom. The van der Waals surface area contributed by atoms with Gasteiger partial charge in [0.25, 0.3) is 0 Å². The van der Waals surface area contributed by atoms with E-state index in [1.807, 2.05) is 18.2 Å². The molecule has 0 saturated heterocycles. The zero-order valence-electron chi connectivity index (χ0n) is 33.4. The van der Waals surface area contributed by atoms with Gasteiger partial charge in [0, 0.05) is 62.8 Å². The van der Waals surface area contributed by atoms with E-state index in [4.69, 9.17) is 15.2 Å². The Labute approximate surface area is 374 Å². The lowest BCUT2D eigenvalue weighted by Gasteiger charge is -2.24. The number of phenolic OH excluding ortho intramolecular Hbond substituents is 2. The molecule has 2 heterocycles. The highest BCUT2D eigenvalue weighted by atomic mass is 79.9. The van der Waals surface area contributed by atoms with Crippen LogP contribution < -0.4 is 16.1 Å². The topological polar surface area (TPSA) is 137 Å². The summed E-state index contributed by atoms with van der Waals surface area (Å²) in [6.45, 7) is 1.80. The van der Waals surface area contributed by atoms with Gasteiger partial charge in [0.2, 0.25) is 0 Å². The van der Waals surface area contributed by atoms with Crippen molar-refractivity contribution in [2.24, 2.45) is 0 Å². The van der Waals surface area contributed by atoms with Gasteiger partial charge in [-0.25, -0.2) is 0 Å². The van der Waals surface area contributed by atoms with E-state index in [-0.39, 0.29) is 20.6 Å². The molecular formula is C52H58BBrN4O4. The van der Waals surface area contributed by atoms with Crippen molar-refractivity contribution in [3.8, 4) is 22.6 Å². The molecule has 8 N–H and O–H groups in total. The average Bonchev–Trinajstić information content (AvgIpc) is 3.84. The Balaban J connectivity index is 0.000000168. The largest absolute Gasteiger partial charge is 0.508 e. The molecule has 0 spiro atoms. The maximum absolute atomic E-state index is 9.81. The number of aromatic hydroxyl groups is 2. The van der Waals surface area contributed by atoms with Crippen LogP contribution in [0.5, 0.6) is 11.5 Å². The molecule has 10 rings (SSSR count). The first-order valence-electron chi connectivity index (χ1n) is 20.7. The highest BCUT2D eigenvalue weighted by molar-refractivity contribution is 9.10. The van der Waals surface area contributed by atoms with Gasteiger partial charge in [0.05, 0.1) is 0 Å². The summed E-state index contributed by atoms with van der Waals surface area (Å²) in [7, 11) is -1.51. The number of rotatable bonds is 8. The first-order chi connectivity index (χ1) is 29.3. The van der Waals surface area contributed by atoms with E-state index in [0.29, 0.717) is 23.3 Å². The highest BCUT2D eigenvalue weighted by Gasteiger charge is 2.25. The smallest absolute Gasteiger partial charge is 0.488 e. The Hall–Kier alpha value is -5.62. The number of benzene rings is 6. The molecule has 8 aromatic rings. The number of hydrogen-bond acceptors (Lipinski definition) is 6.